The number of aromatic nitrogens is 3. The van der Waals surface area contributed by atoms with E-state index >= 15 is 0 Å². The normalized spacial score (nSPS) is 10.9. The van der Waals surface area contributed by atoms with Crippen LogP contribution in [0.15, 0.2) is 30.6 Å². The molecule has 0 atom stereocenters. The number of imidazole rings is 1. The lowest BCUT2D eigenvalue weighted by Gasteiger charge is -2.13. The molecule has 0 saturated heterocycles. The summed E-state index contributed by atoms with van der Waals surface area (Å²) in [4.78, 5) is 8.66. The number of benzene rings is 1. The molecular weight excluding hydrogens is 252 g/mol. The Balaban J connectivity index is 2.32. The Kier molecular flexibility index (Phi) is 2.82. The molecule has 2 aromatic heterocycles. The third-order valence-corrected chi connectivity index (χ3v) is 3.43. The van der Waals surface area contributed by atoms with Crippen LogP contribution >= 0.6 is 0 Å². The first-order valence-corrected chi connectivity index (χ1v) is 6.36. The number of anilines is 1. The van der Waals surface area contributed by atoms with E-state index in [4.69, 9.17) is 10.5 Å². The summed E-state index contributed by atoms with van der Waals surface area (Å²) in [7, 11) is 1.67. The second kappa shape index (κ2) is 4.52. The number of nitrogens with zero attached hydrogens (tertiary/aromatic N) is 3. The summed E-state index contributed by atoms with van der Waals surface area (Å²) >= 11 is 0. The maximum absolute atomic E-state index is 5.92. The van der Waals surface area contributed by atoms with Crippen LogP contribution in [0.1, 0.15) is 11.3 Å². The zero-order valence-corrected chi connectivity index (χ0v) is 11.7. The first-order valence-electron chi connectivity index (χ1n) is 6.36. The largest absolute Gasteiger partial charge is 0.497 e. The highest BCUT2D eigenvalue weighted by atomic mass is 16.5. The van der Waals surface area contributed by atoms with Gasteiger partial charge in [0.2, 0.25) is 0 Å². The molecule has 0 radical (unpaired) electrons. The summed E-state index contributed by atoms with van der Waals surface area (Å²) in [5.74, 6) is 1.29. The molecule has 2 N–H and O–H groups in total. The Labute approximate surface area is 117 Å². The van der Waals surface area contributed by atoms with Crippen LogP contribution in [0.2, 0.25) is 0 Å². The minimum Gasteiger partial charge on any atom is -0.497 e. The fourth-order valence-electron chi connectivity index (χ4n) is 2.48. The number of fused-ring (bicyclic) bond motifs is 1. The number of ether oxygens (including phenoxy) is 1. The van der Waals surface area contributed by atoms with Crippen molar-refractivity contribution >= 4 is 11.5 Å². The quantitative estimate of drug-likeness (QED) is 0.776. The van der Waals surface area contributed by atoms with E-state index in [2.05, 4.69) is 16.9 Å². The molecule has 5 nitrogen and oxygen atoms in total. The number of nitrogen functional groups attached to an aromatic ring is 1. The van der Waals surface area contributed by atoms with Gasteiger partial charge in [-0.1, -0.05) is 0 Å². The number of methoxy groups -OCH3 is 1. The van der Waals surface area contributed by atoms with E-state index in [0.717, 1.165) is 28.3 Å². The van der Waals surface area contributed by atoms with Gasteiger partial charge in [0.1, 0.15) is 5.75 Å². The van der Waals surface area contributed by atoms with Gasteiger partial charge >= 0.3 is 0 Å². The molecule has 0 bridgehead atoms. The van der Waals surface area contributed by atoms with Gasteiger partial charge in [0.25, 0.3) is 0 Å². The van der Waals surface area contributed by atoms with E-state index in [0.29, 0.717) is 11.5 Å². The Morgan fingerprint density at radius 3 is 2.75 bits per heavy atom. The summed E-state index contributed by atoms with van der Waals surface area (Å²) in [6, 6.07) is 5.99. The predicted molar refractivity (Wildman–Crippen MR) is 78.9 cm³/mol. The van der Waals surface area contributed by atoms with E-state index in [1.54, 1.807) is 13.3 Å². The zero-order chi connectivity index (χ0) is 14.3. The highest BCUT2D eigenvalue weighted by Crippen LogP contribution is 2.30. The van der Waals surface area contributed by atoms with Crippen LogP contribution in [0.5, 0.6) is 5.75 Å². The molecule has 0 amide bonds. The van der Waals surface area contributed by atoms with Gasteiger partial charge in [0.15, 0.2) is 11.5 Å². The van der Waals surface area contributed by atoms with Crippen LogP contribution in [-0.2, 0) is 0 Å². The maximum Gasteiger partial charge on any atom is 0.180 e. The van der Waals surface area contributed by atoms with Gasteiger partial charge in [-0.25, -0.2) is 9.97 Å². The molecule has 0 aliphatic rings. The average Bonchev–Trinajstić information content (AvgIpc) is 2.90. The highest BCUT2D eigenvalue weighted by Gasteiger charge is 2.14. The van der Waals surface area contributed by atoms with Gasteiger partial charge < -0.3 is 10.5 Å². The van der Waals surface area contributed by atoms with E-state index in [-0.39, 0.29) is 0 Å². The molecule has 0 fully saturated rings. The van der Waals surface area contributed by atoms with Gasteiger partial charge in [-0.2, -0.15) is 0 Å². The van der Waals surface area contributed by atoms with Crippen molar-refractivity contribution in [1.29, 1.82) is 0 Å². The van der Waals surface area contributed by atoms with Crippen LogP contribution in [0.3, 0.4) is 0 Å². The molecule has 0 saturated carbocycles. The summed E-state index contributed by atoms with van der Waals surface area (Å²) in [6.07, 6.45) is 3.63. The minimum atomic E-state index is 0.447. The number of rotatable bonds is 2. The van der Waals surface area contributed by atoms with E-state index < -0.39 is 0 Å². The zero-order valence-electron chi connectivity index (χ0n) is 11.7. The standard InChI is InChI=1S/C15H16N4O/c1-9-8-11(20-3)4-5-12(9)13-10(2)18-14(16)15-17-6-7-19(13)15/h4-8H,1-3H3,(H2,16,18). The Hall–Kier alpha value is -2.56. The summed E-state index contributed by atoms with van der Waals surface area (Å²) < 4.78 is 7.23. The van der Waals surface area contributed by atoms with E-state index in [1.807, 2.05) is 35.7 Å². The molecule has 3 aromatic rings. The van der Waals surface area contributed by atoms with Crippen LogP contribution in [0, 0.1) is 13.8 Å². The SMILES string of the molecule is COc1ccc(-c2c(C)nc(N)c3nccn23)c(C)c1. The summed E-state index contributed by atoms with van der Waals surface area (Å²) in [5, 5.41) is 0. The van der Waals surface area contributed by atoms with Gasteiger partial charge in [0, 0.05) is 18.0 Å². The monoisotopic (exact) mass is 268 g/mol. The second-order valence-electron chi connectivity index (χ2n) is 4.73. The lowest BCUT2D eigenvalue weighted by Crippen LogP contribution is -2.04. The van der Waals surface area contributed by atoms with Crippen LogP contribution in [-0.4, -0.2) is 21.5 Å². The van der Waals surface area contributed by atoms with Crippen molar-refractivity contribution in [1.82, 2.24) is 14.4 Å². The molecule has 3 rings (SSSR count). The summed E-state index contributed by atoms with van der Waals surface area (Å²) in [6.45, 7) is 4.01. The third-order valence-electron chi connectivity index (χ3n) is 3.43. The van der Waals surface area contributed by atoms with Gasteiger partial charge in [-0.15, -0.1) is 0 Å². The maximum atomic E-state index is 5.92. The Morgan fingerprint density at radius 1 is 1.25 bits per heavy atom. The Bertz CT molecular complexity index is 792. The third kappa shape index (κ3) is 1.79. The second-order valence-corrected chi connectivity index (χ2v) is 4.73. The molecule has 0 unspecified atom stereocenters. The number of hydrogen-bond acceptors (Lipinski definition) is 4. The smallest absolute Gasteiger partial charge is 0.180 e. The van der Waals surface area contributed by atoms with Crippen LogP contribution in [0.25, 0.3) is 16.9 Å². The molecule has 1 aromatic carbocycles. The van der Waals surface area contributed by atoms with Crippen molar-refractivity contribution in [2.24, 2.45) is 0 Å². The summed E-state index contributed by atoms with van der Waals surface area (Å²) in [5.41, 5.74) is 10.7. The molecule has 0 spiro atoms. The molecule has 5 heteroatoms. The van der Waals surface area contributed by atoms with Crippen molar-refractivity contribution in [2.45, 2.75) is 13.8 Å². The average molecular weight is 268 g/mol. The van der Waals surface area contributed by atoms with Crippen molar-refractivity contribution in [3.63, 3.8) is 0 Å². The topological polar surface area (TPSA) is 65.4 Å². The minimum absolute atomic E-state index is 0.447. The van der Waals surface area contributed by atoms with Crippen molar-refractivity contribution < 1.29 is 4.74 Å². The van der Waals surface area contributed by atoms with Gasteiger partial charge in [0.05, 0.1) is 18.5 Å². The Morgan fingerprint density at radius 2 is 2.05 bits per heavy atom. The number of aryl methyl sites for hydroxylation is 2. The molecular formula is C15H16N4O. The van der Waals surface area contributed by atoms with E-state index in [9.17, 15) is 0 Å². The lowest BCUT2D eigenvalue weighted by molar-refractivity contribution is 0.414. The predicted octanol–water partition coefficient (Wildman–Crippen LogP) is 2.60. The van der Waals surface area contributed by atoms with Crippen molar-refractivity contribution in [2.75, 3.05) is 12.8 Å². The van der Waals surface area contributed by atoms with Crippen LogP contribution in [0.4, 0.5) is 5.82 Å². The van der Waals surface area contributed by atoms with Crippen LogP contribution < -0.4 is 10.5 Å². The number of hydrogen-bond donors (Lipinski definition) is 1. The van der Waals surface area contributed by atoms with Crippen molar-refractivity contribution in [3.05, 3.63) is 41.9 Å². The first kappa shape index (κ1) is 12.5. The first-order chi connectivity index (χ1) is 9.61. The fraction of sp³-hybridized carbons (Fsp3) is 0.200. The van der Waals surface area contributed by atoms with E-state index in [1.165, 1.54) is 0 Å². The van der Waals surface area contributed by atoms with Crippen molar-refractivity contribution in [3.8, 4) is 17.0 Å². The molecule has 20 heavy (non-hydrogen) atoms. The number of nitrogens with two attached hydrogens (primary N) is 1. The van der Waals surface area contributed by atoms with Gasteiger partial charge in [-0.3, -0.25) is 4.40 Å². The van der Waals surface area contributed by atoms with Gasteiger partial charge in [-0.05, 0) is 37.6 Å². The molecule has 102 valence electrons. The molecule has 0 aliphatic carbocycles. The lowest BCUT2D eigenvalue weighted by atomic mass is 10.0. The molecule has 2 heterocycles. The fourth-order valence-corrected chi connectivity index (χ4v) is 2.48. The highest BCUT2D eigenvalue weighted by molar-refractivity contribution is 5.73. The molecule has 0 aliphatic heterocycles.